The van der Waals surface area contributed by atoms with Gasteiger partial charge in [0.1, 0.15) is 17.1 Å². The Morgan fingerprint density at radius 1 is 1.19 bits per heavy atom. The number of aryl methyl sites for hydroxylation is 1. The minimum atomic E-state index is -3.58. The molecule has 0 radical (unpaired) electrons. The molecular weight excluding hydrogens is 350 g/mol. The Kier molecular flexibility index (Phi) is 4.99. The van der Waals surface area contributed by atoms with E-state index in [4.69, 9.17) is 9.47 Å². The molecule has 0 atom stereocenters. The molecule has 26 heavy (non-hydrogen) atoms. The fourth-order valence-electron chi connectivity index (χ4n) is 3.09. The van der Waals surface area contributed by atoms with Gasteiger partial charge in [0.05, 0.1) is 12.0 Å². The van der Waals surface area contributed by atoms with Gasteiger partial charge in [-0.15, -0.1) is 0 Å². The highest BCUT2D eigenvalue weighted by Crippen LogP contribution is 2.34. The molecule has 1 aliphatic heterocycles. The Bertz CT molecular complexity index is 906. The number of benzene rings is 2. The van der Waals surface area contributed by atoms with Gasteiger partial charge in [-0.05, 0) is 68.1 Å². The molecule has 2 aromatic carbocycles. The minimum absolute atomic E-state index is 0.212. The second-order valence-electron chi connectivity index (χ2n) is 7.24. The maximum absolute atomic E-state index is 13.0. The van der Waals surface area contributed by atoms with E-state index in [2.05, 4.69) is 0 Å². The molecule has 0 unspecified atom stereocenters. The zero-order valence-electron chi connectivity index (χ0n) is 15.7. The molecule has 6 heteroatoms. The van der Waals surface area contributed by atoms with Gasteiger partial charge in [0.25, 0.3) is 0 Å². The predicted molar refractivity (Wildman–Crippen MR) is 101 cm³/mol. The minimum Gasteiger partial charge on any atom is -0.497 e. The molecule has 0 aliphatic carbocycles. The van der Waals surface area contributed by atoms with Crippen molar-refractivity contribution in [2.75, 3.05) is 14.2 Å². The van der Waals surface area contributed by atoms with Crippen LogP contribution < -0.4 is 9.47 Å². The summed E-state index contributed by atoms with van der Waals surface area (Å²) in [4.78, 5) is 0.296. The van der Waals surface area contributed by atoms with Crippen LogP contribution in [-0.4, -0.2) is 32.5 Å². The van der Waals surface area contributed by atoms with Crippen molar-refractivity contribution in [3.05, 3.63) is 53.6 Å². The number of fused-ring (bicyclic) bond motifs is 1. The van der Waals surface area contributed by atoms with Crippen LogP contribution in [0.3, 0.4) is 0 Å². The van der Waals surface area contributed by atoms with E-state index in [0.717, 1.165) is 29.7 Å². The summed E-state index contributed by atoms with van der Waals surface area (Å²) >= 11 is 0. The van der Waals surface area contributed by atoms with Gasteiger partial charge in [-0.1, -0.05) is 12.1 Å². The summed E-state index contributed by atoms with van der Waals surface area (Å²) in [5.74, 6) is 1.48. The number of rotatable bonds is 5. The van der Waals surface area contributed by atoms with E-state index in [1.807, 2.05) is 38.1 Å². The summed E-state index contributed by atoms with van der Waals surface area (Å²) < 4.78 is 38.4. The molecule has 0 aromatic heterocycles. The fourth-order valence-corrected chi connectivity index (χ4v) is 4.30. The smallest absolute Gasteiger partial charge is 0.243 e. The SMILES string of the molecule is COc1cccc(CN(C)S(=O)(=O)c2ccc3c(c2)CCC(C)(C)O3)c1. The van der Waals surface area contributed by atoms with Gasteiger partial charge in [-0.3, -0.25) is 0 Å². The predicted octanol–water partition coefficient (Wildman–Crippen LogP) is 3.62. The van der Waals surface area contributed by atoms with E-state index in [9.17, 15) is 8.42 Å². The van der Waals surface area contributed by atoms with E-state index in [0.29, 0.717) is 10.6 Å². The van der Waals surface area contributed by atoms with E-state index in [1.165, 1.54) is 4.31 Å². The van der Waals surface area contributed by atoms with Crippen LogP contribution in [-0.2, 0) is 23.0 Å². The maximum atomic E-state index is 13.0. The van der Waals surface area contributed by atoms with Gasteiger partial charge in [0.15, 0.2) is 0 Å². The number of nitrogens with zero attached hydrogens (tertiary/aromatic N) is 1. The molecule has 2 aromatic rings. The Labute approximate surface area is 155 Å². The summed E-state index contributed by atoms with van der Waals surface area (Å²) in [7, 11) is -0.398. The highest BCUT2D eigenvalue weighted by molar-refractivity contribution is 7.89. The third-order valence-electron chi connectivity index (χ3n) is 4.66. The standard InChI is InChI=1S/C20H25NO4S/c1-20(2)11-10-16-13-18(8-9-19(16)25-20)26(22,23)21(3)14-15-6-5-7-17(12-15)24-4/h5-9,12-13H,10-11,14H2,1-4H3. The van der Waals surface area contributed by atoms with Crippen molar-refractivity contribution < 1.29 is 17.9 Å². The van der Waals surface area contributed by atoms with E-state index < -0.39 is 10.0 Å². The monoisotopic (exact) mass is 375 g/mol. The molecule has 5 nitrogen and oxygen atoms in total. The molecule has 3 rings (SSSR count). The van der Waals surface area contributed by atoms with E-state index in [1.54, 1.807) is 32.4 Å². The lowest BCUT2D eigenvalue weighted by Crippen LogP contribution is -2.33. The van der Waals surface area contributed by atoms with Gasteiger partial charge in [-0.2, -0.15) is 4.31 Å². The molecule has 0 N–H and O–H groups in total. The lowest BCUT2D eigenvalue weighted by molar-refractivity contribution is 0.0845. The first-order chi connectivity index (χ1) is 12.2. The molecule has 1 aliphatic rings. The van der Waals surface area contributed by atoms with Gasteiger partial charge < -0.3 is 9.47 Å². The molecule has 0 bridgehead atoms. The van der Waals surface area contributed by atoms with Crippen LogP contribution in [0.4, 0.5) is 0 Å². The van der Waals surface area contributed by atoms with E-state index in [-0.39, 0.29) is 12.1 Å². The average Bonchev–Trinajstić information content (AvgIpc) is 2.60. The van der Waals surface area contributed by atoms with Crippen LogP contribution in [0.2, 0.25) is 0 Å². The second-order valence-corrected chi connectivity index (χ2v) is 9.29. The van der Waals surface area contributed by atoms with Gasteiger partial charge in [0, 0.05) is 13.6 Å². The molecule has 0 spiro atoms. The largest absolute Gasteiger partial charge is 0.497 e. The number of sulfonamides is 1. The number of hydrogen-bond donors (Lipinski definition) is 0. The first-order valence-electron chi connectivity index (χ1n) is 8.62. The third kappa shape index (κ3) is 3.86. The highest BCUT2D eigenvalue weighted by atomic mass is 32.2. The van der Waals surface area contributed by atoms with Crippen LogP contribution in [0.5, 0.6) is 11.5 Å². The van der Waals surface area contributed by atoms with Crippen LogP contribution in [0.1, 0.15) is 31.4 Å². The van der Waals surface area contributed by atoms with Crippen molar-refractivity contribution in [2.45, 2.75) is 43.7 Å². The Hall–Kier alpha value is -2.05. The second kappa shape index (κ2) is 6.93. The topological polar surface area (TPSA) is 55.8 Å². The van der Waals surface area contributed by atoms with Gasteiger partial charge in [-0.25, -0.2) is 8.42 Å². The first-order valence-corrected chi connectivity index (χ1v) is 10.1. The van der Waals surface area contributed by atoms with Crippen LogP contribution in [0, 0.1) is 0 Å². The number of ether oxygens (including phenoxy) is 2. The Morgan fingerprint density at radius 2 is 1.96 bits per heavy atom. The van der Waals surface area contributed by atoms with Crippen LogP contribution in [0.15, 0.2) is 47.4 Å². The summed E-state index contributed by atoms with van der Waals surface area (Å²) in [6, 6.07) is 12.5. The molecule has 140 valence electrons. The summed E-state index contributed by atoms with van der Waals surface area (Å²) in [5, 5.41) is 0. The maximum Gasteiger partial charge on any atom is 0.243 e. The van der Waals surface area contributed by atoms with Crippen molar-refractivity contribution in [1.29, 1.82) is 0 Å². The Balaban J connectivity index is 1.83. The van der Waals surface area contributed by atoms with Crippen molar-refractivity contribution in [1.82, 2.24) is 4.31 Å². The highest BCUT2D eigenvalue weighted by Gasteiger charge is 2.29. The molecule has 0 saturated carbocycles. The number of hydrogen-bond acceptors (Lipinski definition) is 4. The summed E-state index contributed by atoms with van der Waals surface area (Å²) in [5.41, 5.74) is 1.61. The third-order valence-corrected chi connectivity index (χ3v) is 6.46. The normalized spacial score (nSPS) is 16.0. The quantitative estimate of drug-likeness (QED) is 0.801. The zero-order chi connectivity index (χ0) is 18.9. The summed E-state index contributed by atoms with van der Waals surface area (Å²) in [6.07, 6.45) is 1.68. The van der Waals surface area contributed by atoms with Crippen LogP contribution >= 0.6 is 0 Å². The molecule has 0 fully saturated rings. The van der Waals surface area contributed by atoms with Crippen molar-refractivity contribution in [2.24, 2.45) is 0 Å². The summed E-state index contributed by atoms with van der Waals surface area (Å²) in [6.45, 7) is 4.37. The molecule has 0 amide bonds. The lowest BCUT2D eigenvalue weighted by Gasteiger charge is -2.32. The van der Waals surface area contributed by atoms with Gasteiger partial charge in [0.2, 0.25) is 10.0 Å². The Morgan fingerprint density at radius 3 is 2.69 bits per heavy atom. The molecule has 1 heterocycles. The van der Waals surface area contributed by atoms with Crippen molar-refractivity contribution >= 4 is 10.0 Å². The van der Waals surface area contributed by atoms with E-state index >= 15 is 0 Å². The molecular formula is C20H25NO4S. The van der Waals surface area contributed by atoms with Crippen molar-refractivity contribution in [3.63, 3.8) is 0 Å². The lowest BCUT2D eigenvalue weighted by atomic mass is 9.94. The van der Waals surface area contributed by atoms with Crippen molar-refractivity contribution in [3.8, 4) is 11.5 Å². The molecule has 0 saturated heterocycles. The number of methoxy groups -OCH3 is 1. The first kappa shape index (κ1) is 18.7. The van der Waals surface area contributed by atoms with Gasteiger partial charge >= 0.3 is 0 Å². The average molecular weight is 375 g/mol. The van der Waals surface area contributed by atoms with Crippen LogP contribution in [0.25, 0.3) is 0 Å². The fraction of sp³-hybridized carbons (Fsp3) is 0.400. The zero-order valence-corrected chi connectivity index (χ0v) is 16.5.